The smallest absolute Gasteiger partial charge is 0.250 e. The monoisotopic (exact) mass is 671 g/mol. The predicted molar refractivity (Wildman–Crippen MR) is 179 cm³/mol. The molecule has 2 unspecified atom stereocenters. The molecule has 0 bridgehead atoms. The summed E-state index contributed by atoms with van der Waals surface area (Å²) in [5.74, 6) is 0.454. The van der Waals surface area contributed by atoms with Crippen LogP contribution in [0.15, 0.2) is 83.8 Å². The van der Waals surface area contributed by atoms with Gasteiger partial charge in [0.05, 0.1) is 0 Å². The van der Waals surface area contributed by atoms with Gasteiger partial charge in [-0.25, -0.2) is 0 Å². The average molecular weight is 672 g/mol. The summed E-state index contributed by atoms with van der Waals surface area (Å²) < 4.78 is 1.56. The van der Waals surface area contributed by atoms with Gasteiger partial charge in [-0.15, -0.1) is 25.7 Å². The van der Waals surface area contributed by atoms with E-state index >= 15 is 0 Å². The maximum atomic E-state index is 11.4. The minimum absolute atomic E-state index is 0. The molecule has 235 valence electrons. The van der Waals surface area contributed by atoms with Gasteiger partial charge in [0.25, 0.3) is 5.56 Å². The number of piperidine rings is 2. The van der Waals surface area contributed by atoms with Crippen LogP contribution < -0.4 is 10.9 Å². The number of rotatable bonds is 4. The van der Waals surface area contributed by atoms with Crippen LogP contribution >= 0.6 is 0 Å². The van der Waals surface area contributed by atoms with Crippen molar-refractivity contribution in [2.45, 2.75) is 76.3 Å². The summed E-state index contributed by atoms with van der Waals surface area (Å²) >= 11 is 0. The first-order valence-electron chi connectivity index (χ1n) is 16.2. The predicted octanol–water partition coefficient (Wildman–Crippen LogP) is 7.84. The van der Waals surface area contributed by atoms with E-state index in [0.717, 1.165) is 49.8 Å². The van der Waals surface area contributed by atoms with Crippen LogP contribution in [0.1, 0.15) is 75.8 Å². The van der Waals surface area contributed by atoms with Crippen LogP contribution in [0, 0.1) is 11.3 Å². The number of aryl methyl sites for hydroxylation is 1. The Balaban J connectivity index is 0.000000167. The minimum atomic E-state index is 0. The number of hydrogen-bond acceptors (Lipinski definition) is 3. The van der Waals surface area contributed by atoms with Gasteiger partial charge in [-0.1, -0.05) is 98.3 Å². The molecule has 4 aliphatic rings. The normalized spacial score (nSPS) is 21.6. The summed E-state index contributed by atoms with van der Waals surface area (Å²) in [5.41, 5.74) is 4.12. The number of hydrogen-bond donors (Lipinski definition) is 1. The van der Waals surface area contributed by atoms with Crippen LogP contribution in [-0.2, 0) is 44.6 Å². The van der Waals surface area contributed by atoms with Crippen molar-refractivity contribution in [3.63, 3.8) is 0 Å². The number of aldehydes is 1. The maximum absolute atomic E-state index is 11.4. The van der Waals surface area contributed by atoms with Crippen LogP contribution in [-0.4, -0.2) is 43.6 Å². The molecule has 3 heterocycles. The molecule has 1 radical (unpaired) electrons. The number of nitrogens with zero attached hydrogens (tertiary/aromatic N) is 3. The van der Waals surface area contributed by atoms with Crippen molar-refractivity contribution in [2.24, 2.45) is 18.4 Å². The fraction of sp³-hybridized carbons (Fsp3) is 0.514. The van der Waals surface area contributed by atoms with Crippen LogP contribution in [0.3, 0.4) is 0 Å². The third-order valence-electron chi connectivity index (χ3n) is 9.09. The molecule has 6 nitrogen and oxygen atoms in total. The Morgan fingerprint density at radius 3 is 2.07 bits per heavy atom. The van der Waals surface area contributed by atoms with Crippen molar-refractivity contribution in [2.75, 3.05) is 26.7 Å². The first-order valence-corrected chi connectivity index (χ1v) is 16.2. The van der Waals surface area contributed by atoms with Crippen LogP contribution in [0.5, 0.6) is 0 Å². The van der Waals surface area contributed by atoms with Crippen LogP contribution in [0.2, 0.25) is 0 Å². The van der Waals surface area contributed by atoms with Crippen molar-refractivity contribution in [1.82, 2.24) is 9.88 Å². The van der Waals surface area contributed by atoms with Gasteiger partial charge in [-0.3, -0.25) is 4.79 Å². The fourth-order valence-corrected chi connectivity index (χ4v) is 6.11. The molecule has 1 aromatic heterocycles. The van der Waals surface area contributed by atoms with Gasteiger partial charge in [-0.2, -0.15) is 0 Å². The SMILES string of the molecule is C1CCC2(C1)CCC[N-]C2.CNC1CC[N-]C(c2ccccc2)C1.Cn1ccc(-c2ccccc2)cc1=O.O=CC1CC1.[Y]. The second-order valence-electron chi connectivity index (χ2n) is 12.5. The summed E-state index contributed by atoms with van der Waals surface area (Å²) in [6.07, 6.45) is 16.1. The van der Waals surface area contributed by atoms with Gasteiger partial charge in [-0.05, 0) is 61.8 Å². The van der Waals surface area contributed by atoms with Gasteiger partial charge in [0.15, 0.2) is 0 Å². The minimum Gasteiger partial charge on any atom is -0.662 e. The summed E-state index contributed by atoms with van der Waals surface area (Å²) in [5, 5.41) is 12.5. The van der Waals surface area contributed by atoms with Gasteiger partial charge in [0.2, 0.25) is 0 Å². The molecule has 7 heteroatoms. The molecule has 1 spiro atoms. The molecule has 2 aliphatic carbocycles. The Bertz CT molecular complexity index is 1270. The summed E-state index contributed by atoms with van der Waals surface area (Å²) in [4.78, 5) is 20.9. The Hall–Kier alpha value is -1.96. The Kier molecular flexibility index (Phi) is 16.2. The Morgan fingerprint density at radius 1 is 0.864 bits per heavy atom. The maximum Gasteiger partial charge on any atom is 0.250 e. The molecule has 2 saturated carbocycles. The molecular weight excluding hydrogens is 621 g/mol. The number of benzene rings is 2. The quantitative estimate of drug-likeness (QED) is 0.287. The first-order chi connectivity index (χ1) is 21.0. The largest absolute Gasteiger partial charge is 0.662 e. The number of carbonyl (C=O) groups is 1. The Labute approximate surface area is 290 Å². The van der Waals surface area contributed by atoms with Gasteiger partial charge >= 0.3 is 0 Å². The fourth-order valence-electron chi connectivity index (χ4n) is 6.11. The molecule has 2 aromatic carbocycles. The van der Waals surface area contributed by atoms with Gasteiger partial charge in [0.1, 0.15) is 6.29 Å². The number of carbonyl (C=O) groups excluding carboxylic acids is 1. The third-order valence-corrected chi connectivity index (χ3v) is 9.09. The molecule has 7 rings (SSSR count). The zero-order chi connectivity index (χ0) is 30.3. The zero-order valence-corrected chi connectivity index (χ0v) is 29.6. The van der Waals surface area contributed by atoms with E-state index in [-0.39, 0.29) is 38.3 Å². The average Bonchev–Trinajstić information content (AvgIpc) is 3.83. The molecule has 3 aromatic rings. The summed E-state index contributed by atoms with van der Waals surface area (Å²) in [6, 6.07) is 25.1. The molecule has 1 N–H and O–H groups in total. The molecular formula is C37H50N4O2Y-2. The van der Waals surface area contributed by atoms with E-state index in [0.29, 0.717) is 23.4 Å². The number of nitrogens with one attached hydrogen (secondary N) is 1. The molecule has 2 atom stereocenters. The van der Waals surface area contributed by atoms with Gasteiger partial charge in [0, 0.05) is 64.0 Å². The van der Waals surface area contributed by atoms with Crippen molar-refractivity contribution in [3.8, 4) is 11.1 Å². The van der Waals surface area contributed by atoms with E-state index in [1.807, 2.05) is 43.4 Å². The molecule has 2 aliphatic heterocycles. The van der Waals surface area contributed by atoms with E-state index in [2.05, 4.69) is 46.3 Å². The zero-order valence-electron chi connectivity index (χ0n) is 26.7. The van der Waals surface area contributed by atoms with E-state index < -0.39 is 0 Å². The van der Waals surface area contributed by atoms with Crippen molar-refractivity contribution >= 4 is 6.29 Å². The third kappa shape index (κ3) is 12.1. The number of aromatic nitrogens is 1. The van der Waals surface area contributed by atoms with Crippen molar-refractivity contribution in [1.29, 1.82) is 0 Å². The molecule has 2 saturated heterocycles. The second-order valence-corrected chi connectivity index (χ2v) is 12.5. The molecule has 0 amide bonds. The van der Waals surface area contributed by atoms with E-state index in [1.54, 1.807) is 23.9 Å². The van der Waals surface area contributed by atoms with Crippen molar-refractivity contribution in [3.05, 3.63) is 106 Å². The number of pyridine rings is 1. The van der Waals surface area contributed by atoms with Gasteiger partial charge < -0.3 is 25.3 Å². The first kappa shape index (κ1) is 36.5. The second kappa shape index (κ2) is 19.5. The summed E-state index contributed by atoms with van der Waals surface area (Å²) in [6.45, 7) is 3.32. The van der Waals surface area contributed by atoms with E-state index in [1.165, 1.54) is 57.1 Å². The van der Waals surface area contributed by atoms with Crippen LogP contribution in [0.4, 0.5) is 0 Å². The van der Waals surface area contributed by atoms with Crippen molar-refractivity contribution < 1.29 is 37.5 Å². The van der Waals surface area contributed by atoms with E-state index in [4.69, 9.17) is 0 Å². The molecule has 44 heavy (non-hydrogen) atoms. The van der Waals surface area contributed by atoms with Crippen LogP contribution in [0.25, 0.3) is 21.8 Å². The van der Waals surface area contributed by atoms with E-state index in [9.17, 15) is 9.59 Å². The Morgan fingerprint density at radius 2 is 1.52 bits per heavy atom. The summed E-state index contributed by atoms with van der Waals surface area (Å²) in [7, 11) is 3.79. The standard InChI is InChI=1S/C12H17N2.C12H11NO.C9H16N.C4H6O.Y/c1-13-11-7-8-14-12(9-11)10-5-3-2-4-6-10;1-13-8-7-11(9-12(13)14)10-5-3-2-4-6-10;1-2-5-9(4-1)6-3-7-10-8-9;5-3-4-1-2-4;/h2-6,11-13H,7-9H2,1H3;2-9H,1H3;1-8H2;3-4H,1-2H2;/q-1;;-1;;. The topological polar surface area (TPSA) is 79.3 Å². The molecule has 4 fully saturated rings.